The number of carbonyl (C=O) groups excluding carboxylic acids is 1. The molecule has 0 saturated carbocycles. The van der Waals surface area contributed by atoms with Crippen molar-refractivity contribution in [2.24, 2.45) is 5.92 Å². The standard InChI is InChI=1S/C22H25Cl3N2O3S2/c23-19-5-1-3-16(11-19)14-31-10-8-26-22(28)17-4-2-9-27(13-17)32(29,30)15-18-6-7-20(24)12-21(18)25/h1,3,5-7,11-12,17H,2,4,8-10,13-15H2,(H,26,28)/t17-/m1/s1. The highest BCUT2D eigenvalue weighted by atomic mass is 35.5. The first-order chi connectivity index (χ1) is 15.2. The third kappa shape index (κ3) is 7.54. The maximum absolute atomic E-state index is 12.9. The molecule has 3 rings (SSSR count). The van der Waals surface area contributed by atoms with Gasteiger partial charge in [0.25, 0.3) is 0 Å². The number of nitrogens with zero attached hydrogens (tertiary/aromatic N) is 1. The third-order valence-corrected chi connectivity index (χ3v) is 8.85. The molecule has 1 heterocycles. The molecule has 1 fully saturated rings. The molecule has 2 aromatic rings. The lowest BCUT2D eigenvalue weighted by atomic mass is 9.99. The molecule has 1 amide bonds. The molecule has 1 saturated heterocycles. The molecule has 0 aliphatic carbocycles. The molecule has 2 aromatic carbocycles. The third-order valence-electron chi connectivity index (χ3n) is 5.20. The number of nitrogens with one attached hydrogen (secondary N) is 1. The predicted octanol–water partition coefficient (Wildman–Crippen LogP) is 5.24. The van der Waals surface area contributed by atoms with Crippen LogP contribution in [-0.4, -0.2) is 44.0 Å². The number of sulfonamides is 1. The van der Waals surface area contributed by atoms with Crippen LogP contribution < -0.4 is 5.32 Å². The van der Waals surface area contributed by atoms with E-state index in [1.165, 1.54) is 10.4 Å². The van der Waals surface area contributed by atoms with Crippen molar-refractivity contribution in [3.8, 4) is 0 Å². The van der Waals surface area contributed by atoms with Crippen molar-refractivity contribution in [1.29, 1.82) is 0 Å². The number of carbonyl (C=O) groups is 1. The minimum absolute atomic E-state index is 0.0993. The zero-order valence-corrected chi connectivity index (χ0v) is 21.3. The number of piperidine rings is 1. The Morgan fingerprint density at radius 1 is 1.12 bits per heavy atom. The van der Waals surface area contributed by atoms with E-state index in [1.54, 1.807) is 23.9 Å². The van der Waals surface area contributed by atoms with Crippen molar-refractivity contribution >= 4 is 62.5 Å². The van der Waals surface area contributed by atoms with Crippen LogP contribution in [0.2, 0.25) is 15.1 Å². The zero-order valence-electron chi connectivity index (χ0n) is 17.4. The van der Waals surface area contributed by atoms with Crippen LogP contribution in [0.4, 0.5) is 0 Å². The molecular formula is C22H25Cl3N2O3S2. The first-order valence-electron chi connectivity index (χ1n) is 10.3. The average Bonchev–Trinajstić information content (AvgIpc) is 2.75. The highest BCUT2D eigenvalue weighted by molar-refractivity contribution is 7.98. The lowest BCUT2D eigenvalue weighted by Gasteiger charge is -2.31. The number of benzene rings is 2. The molecule has 0 aromatic heterocycles. The van der Waals surface area contributed by atoms with Gasteiger partial charge in [0.05, 0.1) is 11.7 Å². The van der Waals surface area contributed by atoms with Crippen LogP contribution in [0.1, 0.15) is 24.0 Å². The van der Waals surface area contributed by atoms with Crippen molar-refractivity contribution in [3.05, 3.63) is 68.7 Å². The van der Waals surface area contributed by atoms with E-state index < -0.39 is 10.0 Å². The molecule has 5 nitrogen and oxygen atoms in total. The van der Waals surface area contributed by atoms with E-state index in [-0.39, 0.29) is 24.1 Å². The Labute approximate surface area is 208 Å². The fourth-order valence-corrected chi connectivity index (χ4v) is 6.76. The van der Waals surface area contributed by atoms with Crippen molar-refractivity contribution < 1.29 is 13.2 Å². The first kappa shape index (κ1) is 25.7. The fraction of sp³-hybridized carbons (Fsp3) is 0.409. The monoisotopic (exact) mass is 534 g/mol. The van der Waals surface area contributed by atoms with Gasteiger partial charge in [0.1, 0.15) is 0 Å². The van der Waals surface area contributed by atoms with Gasteiger partial charge < -0.3 is 5.32 Å². The fourth-order valence-electron chi connectivity index (χ4n) is 3.54. The van der Waals surface area contributed by atoms with Crippen LogP contribution in [0.5, 0.6) is 0 Å². The summed E-state index contributed by atoms with van der Waals surface area (Å²) in [4.78, 5) is 12.6. The summed E-state index contributed by atoms with van der Waals surface area (Å²) in [7, 11) is -3.59. The molecule has 1 aliphatic heterocycles. The molecular weight excluding hydrogens is 511 g/mol. The van der Waals surface area contributed by atoms with Crippen LogP contribution in [0.15, 0.2) is 42.5 Å². The Hall–Kier alpha value is -0.960. The van der Waals surface area contributed by atoms with Gasteiger partial charge in [0.15, 0.2) is 0 Å². The first-order valence-corrected chi connectivity index (χ1v) is 14.2. The Bertz CT molecular complexity index is 1050. The van der Waals surface area contributed by atoms with Gasteiger partial charge >= 0.3 is 0 Å². The summed E-state index contributed by atoms with van der Waals surface area (Å²) >= 11 is 19.7. The van der Waals surface area contributed by atoms with Gasteiger partial charge in [-0.25, -0.2) is 12.7 Å². The van der Waals surface area contributed by atoms with Crippen LogP contribution in [0, 0.1) is 5.92 Å². The number of thioether (sulfide) groups is 1. The van der Waals surface area contributed by atoms with Gasteiger partial charge in [-0.15, -0.1) is 0 Å². The van der Waals surface area contributed by atoms with E-state index >= 15 is 0 Å². The van der Waals surface area contributed by atoms with Gasteiger partial charge in [0, 0.05) is 46.2 Å². The van der Waals surface area contributed by atoms with Crippen molar-refractivity contribution in [1.82, 2.24) is 9.62 Å². The number of amides is 1. The van der Waals surface area contributed by atoms with Crippen LogP contribution in [0.3, 0.4) is 0 Å². The largest absolute Gasteiger partial charge is 0.355 e. The molecule has 10 heteroatoms. The Morgan fingerprint density at radius 3 is 2.66 bits per heavy atom. The quantitative estimate of drug-likeness (QED) is 0.446. The summed E-state index contributed by atoms with van der Waals surface area (Å²) in [5.74, 6) is 0.925. The Balaban J connectivity index is 1.46. The smallest absolute Gasteiger partial charge is 0.224 e. The van der Waals surface area contributed by atoms with Crippen molar-refractivity contribution in [3.63, 3.8) is 0 Å². The van der Waals surface area contributed by atoms with E-state index in [9.17, 15) is 13.2 Å². The van der Waals surface area contributed by atoms with E-state index in [2.05, 4.69) is 5.32 Å². The van der Waals surface area contributed by atoms with Gasteiger partial charge in [-0.3, -0.25) is 4.79 Å². The van der Waals surface area contributed by atoms with E-state index in [4.69, 9.17) is 34.8 Å². The summed E-state index contributed by atoms with van der Waals surface area (Å²) in [6.07, 6.45) is 1.32. The zero-order chi connectivity index (χ0) is 23.1. The van der Waals surface area contributed by atoms with E-state index in [0.29, 0.717) is 46.6 Å². The second-order valence-corrected chi connectivity index (χ2v) is 12.0. The van der Waals surface area contributed by atoms with Crippen LogP contribution in [-0.2, 0) is 26.3 Å². The second kappa shape index (κ2) is 12.0. The minimum Gasteiger partial charge on any atom is -0.355 e. The molecule has 0 bridgehead atoms. The SMILES string of the molecule is O=C(NCCSCc1cccc(Cl)c1)[C@@H]1CCCN(S(=O)(=O)Cc2ccc(Cl)cc2Cl)C1. The predicted molar refractivity (Wildman–Crippen MR) is 134 cm³/mol. The molecule has 0 unspecified atom stereocenters. The Kier molecular flexibility index (Phi) is 9.58. The molecule has 1 atom stereocenters. The van der Waals surface area contributed by atoms with Gasteiger partial charge in [-0.05, 0) is 48.2 Å². The number of hydrogen-bond acceptors (Lipinski definition) is 4. The Morgan fingerprint density at radius 2 is 1.91 bits per heavy atom. The molecule has 0 spiro atoms. The van der Waals surface area contributed by atoms with Gasteiger partial charge in [0.2, 0.25) is 15.9 Å². The number of halogens is 3. The van der Waals surface area contributed by atoms with Crippen LogP contribution >= 0.6 is 46.6 Å². The summed E-state index contributed by atoms with van der Waals surface area (Å²) in [5.41, 5.74) is 1.64. The maximum Gasteiger partial charge on any atom is 0.224 e. The summed E-state index contributed by atoms with van der Waals surface area (Å²) in [5, 5.41) is 4.44. The number of hydrogen-bond donors (Lipinski definition) is 1. The summed E-state index contributed by atoms with van der Waals surface area (Å²) in [6.45, 7) is 1.13. The highest BCUT2D eigenvalue weighted by Gasteiger charge is 2.32. The maximum atomic E-state index is 12.9. The van der Waals surface area contributed by atoms with E-state index in [0.717, 1.165) is 17.1 Å². The van der Waals surface area contributed by atoms with Gasteiger partial charge in [-0.1, -0.05) is 53.0 Å². The summed E-state index contributed by atoms with van der Waals surface area (Å²) < 4.78 is 27.2. The van der Waals surface area contributed by atoms with Crippen molar-refractivity contribution in [2.75, 3.05) is 25.4 Å². The second-order valence-electron chi connectivity index (χ2n) is 7.66. The molecule has 1 aliphatic rings. The van der Waals surface area contributed by atoms with Crippen molar-refractivity contribution in [2.45, 2.75) is 24.3 Å². The lowest BCUT2D eigenvalue weighted by Crippen LogP contribution is -2.46. The average molecular weight is 536 g/mol. The molecule has 0 radical (unpaired) electrons. The molecule has 32 heavy (non-hydrogen) atoms. The lowest BCUT2D eigenvalue weighted by molar-refractivity contribution is -0.125. The normalized spacial score (nSPS) is 17.3. The minimum atomic E-state index is -3.59. The number of rotatable bonds is 9. The molecule has 174 valence electrons. The summed E-state index contributed by atoms with van der Waals surface area (Å²) in [6, 6.07) is 12.5. The highest BCUT2D eigenvalue weighted by Crippen LogP contribution is 2.26. The van der Waals surface area contributed by atoms with Crippen LogP contribution in [0.25, 0.3) is 0 Å². The molecule has 1 N–H and O–H groups in total. The van der Waals surface area contributed by atoms with E-state index in [1.807, 2.05) is 24.3 Å². The van der Waals surface area contributed by atoms with Gasteiger partial charge in [-0.2, -0.15) is 11.8 Å². The topological polar surface area (TPSA) is 66.5 Å².